The second-order valence-corrected chi connectivity index (χ2v) is 6.83. The molecule has 2 rings (SSSR count). The van der Waals surface area contributed by atoms with Gasteiger partial charge in [0.2, 0.25) is 0 Å². The molecule has 0 fully saturated rings. The molecule has 2 aromatic carbocycles. The van der Waals surface area contributed by atoms with Crippen LogP contribution in [0, 0.1) is 6.92 Å². The Labute approximate surface area is 134 Å². The van der Waals surface area contributed by atoms with Crippen LogP contribution in [-0.2, 0) is 0 Å². The molecule has 0 aliphatic carbocycles. The van der Waals surface area contributed by atoms with E-state index in [2.05, 4.69) is 84.5 Å². The Hall–Kier alpha value is -0.770. The van der Waals surface area contributed by atoms with Crippen LogP contribution in [0.1, 0.15) is 31.0 Å². The fourth-order valence-electron chi connectivity index (χ4n) is 2.16. The van der Waals surface area contributed by atoms with Crippen LogP contribution in [0.5, 0.6) is 0 Å². The lowest BCUT2D eigenvalue weighted by molar-refractivity contribution is 0.589. The Balaban J connectivity index is 2.34. The van der Waals surface area contributed by atoms with Crippen molar-refractivity contribution in [3.63, 3.8) is 0 Å². The molecule has 1 N–H and O–H groups in total. The van der Waals surface area contributed by atoms with Gasteiger partial charge in [-0.1, -0.05) is 52.8 Å². The van der Waals surface area contributed by atoms with Crippen LogP contribution in [0.4, 0.5) is 0 Å². The molecule has 106 valence electrons. The summed E-state index contributed by atoms with van der Waals surface area (Å²) in [4.78, 5) is 2.63. The number of nitrogens with one attached hydrogen (secondary N) is 1. The van der Waals surface area contributed by atoms with E-state index in [1.54, 1.807) is 0 Å². The van der Waals surface area contributed by atoms with Gasteiger partial charge in [-0.2, -0.15) is 0 Å². The molecule has 0 radical (unpaired) electrons. The van der Waals surface area contributed by atoms with Gasteiger partial charge in [0, 0.05) is 20.3 Å². The van der Waals surface area contributed by atoms with Gasteiger partial charge in [-0.15, -0.1) is 0 Å². The van der Waals surface area contributed by atoms with E-state index in [9.17, 15) is 0 Å². The molecule has 20 heavy (non-hydrogen) atoms. The summed E-state index contributed by atoms with van der Waals surface area (Å²) in [6.07, 6.45) is 0. The summed E-state index contributed by atoms with van der Waals surface area (Å²) in [6, 6.07) is 15.4. The third kappa shape index (κ3) is 3.87. The lowest BCUT2D eigenvalue weighted by atomic mass is 10.1. The highest BCUT2D eigenvalue weighted by molar-refractivity contribution is 9.10. The van der Waals surface area contributed by atoms with Gasteiger partial charge in [-0.05, 0) is 55.8 Å². The topological polar surface area (TPSA) is 12.0 Å². The zero-order chi connectivity index (χ0) is 14.5. The van der Waals surface area contributed by atoms with Crippen molar-refractivity contribution in [3.05, 3.63) is 58.1 Å². The van der Waals surface area contributed by atoms with Crippen molar-refractivity contribution in [1.29, 1.82) is 0 Å². The first-order valence-electron chi connectivity index (χ1n) is 6.88. The Kier molecular flexibility index (Phi) is 5.70. The van der Waals surface area contributed by atoms with E-state index in [4.69, 9.17) is 0 Å². The Morgan fingerprint density at radius 1 is 1.15 bits per heavy atom. The molecule has 0 saturated carbocycles. The van der Waals surface area contributed by atoms with Crippen molar-refractivity contribution in [2.45, 2.75) is 36.6 Å². The van der Waals surface area contributed by atoms with Crippen LogP contribution in [0.3, 0.4) is 0 Å². The second-order valence-electron chi connectivity index (χ2n) is 4.83. The number of halogens is 1. The molecule has 2 aromatic rings. The maximum absolute atomic E-state index is 3.58. The standard InChI is InChI=1S/C17H20BrNS/c1-4-19-13(3)15-11-14(18)9-10-17(15)20-16-8-6-5-7-12(16)2/h5-11,13,19H,4H2,1-3H3. The average molecular weight is 350 g/mol. The summed E-state index contributed by atoms with van der Waals surface area (Å²) in [5.41, 5.74) is 2.66. The summed E-state index contributed by atoms with van der Waals surface area (Å²) in [5, 5.41) is 3.50. The van der Waals surface area contributed by atoms with Crippen LogP contribution in [0.15, 0.2) is 56.7 Å². The maximum atomic E-state index is 3.58. The lowest BCUT2D eigenvalue weighted by Crippen LogP contribution is -2.18. The number of aryl methyl sites for hydroxylation is 1. The first kappa shape index (κ1) is 15.6. The molecular formula is C17H20BrNS. The number of benzene rings is 2. The predicted octanol–water partition coefficient (Wildman–Crippen LogP) is 5.58. The molecule has 0 bridgehead atoms. The lowest BCUT2D eigenvalue weighted by Gasteiger charge is -2.18. The van der Waals surface area contributed by atoms with Crippen LogP contribution >= 0.6 is 27.7 Å². The average Bonchev–Trinajstić information content (AvgIpc) is 2.43. The van der Waals surface area contributed by atoms with E-state index in [1.807, 2.05) is 11.8 Å². The first-order chi connectivity index (χ1) is 9.61. The van der Waals surface area contributed by atoms with E-state index in [0.29, 0.717) is 6.04 Å². The van der Waals surface area contributed by atoms with Gasteiger partial charge < -0.3 is 5.32 Å². The normalized spacial score (nSPS) is 12.4. The summed E-state index contributed by atoms with van der Waals surface area (Å²) >= 11 is 5.42. The van der Waals surface area contributed by atoms with Crippen molar-refractivity contribution in [1.82, 2.24) is 5.32 Å². The van der Waals surface area contributed by atoms with Crippen molar-refractivity contribution >= 4 is 27.7 Å². The van der Waals surface area contributed by atoms with Crippen LogP contribution in [0.25, 0.3) is 0 Å². The van der Waals surface area contributed by atoms with Crippen molar-refractivity contribution in [2.75, 3.05) is 6.54 Å². The van der Waals surface area contributed by atoms with Crippen molar-refractivity contribution in [3.8, 4) is 0 Å². The van der Waals surface area contributed by atoms with Crippen molar-refractivity contribution in [2.24, 2.45) is 0 Å². The molecule has 0 heterocycles. The molecule has 0 saturated heterocycles. The monoisotopic (exact) mass is 349 g/mol. The molecule has 0 amide bonds. The number of hydrogen-bond donors (Lipinski definition) is 1. The molecule has 0 aromatic heterocycles. The summed E-state index contributed by atoms with van der Waals surface area (Å²) in [5.74, 6) is 0. The number of rotatable bonds is 5. The molecule has 1 atom stereocenters. The summed E-state index contributed by atoms with van der Waals surface area (Å²) in [7, 11) is 0. The fraction of sp³-hybridized carbons (Fsp3) is 0.294. The zero-order valence-electron chi connectivity index (χ0n) is 12.1. The van der Waals surface area contributed by atoms with Crippen LogP contribution in [-0.4, -0.2) is 6.54 Å². The van der Waals surface area contributed by atoms with Gasteiger partial charge in [0.25, 0.3) is 0 Å². The SMILES string of the molecule is CCNC(C)c1cc(Br)ccc1Sc1ccccc1C. The molecule has 3 heteroatoms. The maximum Gasteiger partial charge on any atom is 0.0303 e. The van der Waals surface area contributed by atoms with E-state index < -0.39 is 0 Å². The van der Waals surface area contributed by atoms with Crippen LogP contribution < -0.4 is 5.32 Å². The number of hydrogen-bond acceptors (Lipinski definition) is 2. The van der Waals surface area contributed by atoms with Crippen LogP contribution in [0.2, 0.25) is 0 Å². The minimum absolute atomic E-state index is 0.351. The van der Waals surface area contributed by atoms with Gasteiger partial charge in [-0.3, -0.25) is 0 Å². The van der Waals surface area contributed by atoms with E-state index in [-0.39, 0.29) is 0 Å². The minimum atomic E-state index is 0.351. The fourth-order valence-corrected chi connectivity index (χ4v) is 3.64. The smallest absolute Gasteiger partial charge is 0.0303 e. The van der Waals surface area contributed by atoms with Gasteiger partial charge in [-0.25, -0.2) is 0 Å². The minimum Gasteiger partial charge on any atom is -0.310 e. The van der Waals surface area contributed by atoms with E-state index in [1.165, 1.54) is 20.9 Å². The highest BCUT2D eigenvalue weighted by Crippen LogP contribution is 2.36. The molecule has 0 aliphatic heterocycles. The molecule has 1 nitrogen and oxygen atoms in total. The third-order valence-electron chi connectivity index (χ3n) is 3.26. The largest absolute Gasteiger partial charge is 0.310 e. The van der Waals surface area contributed by atoms with Gasteiger partial charge in [0.05, 0.1) is 0 Å². The quantitative estimate of drug-likeness (QED) is 0.756. The third-order valence-corrected chi connectivity index (χ3v) is 5.03. The Bertz CT molecular complexity index is 583. The summed E-state index contributed by atoms with van der Waals surface area (Å²) < 4.78 is 1.13. The highest BCUT2D eigenvalue weighted by Gasteiger charge is 2.12. The van der Waals surface area contributed by atoms with Gasteiger partial charge in [0.1, 0.15) is 0 Å². The van der Waals surface area contributed by atoms with E-state index >= 15 is 0 Å². The Morgan fingerprint density at radius 3 is 2.60 bits per heavy atom. The van der Waals surface area contributed by atoms with Gasteiger partial charge >= 0.3 is 0 Å². The molecule has 0 spiro atoms. The molecular weight excluding hydrogens is 330 g/mol. The van der Waals surface area contributed by atoms with E-state index in [0.717, 1.165) is 11.0 Å². The molecule has 0 aliphatic rings. The van der Waals surface area contributed by atoms with Gasteiger partial charge in [0.15, 0.2) is 0 Å². The predicted molar refractivity (Wildman–Crippen MR) is 91.5 cm³/mol. The highest BCUT2D eigenvalue weighted by atomic mass is 79.9. The first-order valence-corrected chi connectivity index (χ1v) is 8.49. The Morgan fingerprint density at radius 2 is 1.90 bits per heavy atom. The molecule has 1 unspecified atom stereocenters. The summed E-state index contributed by atoms with van der Waals surface area (Å²) in [6.45, 7) is 7.49. The zero-order valence-corrected chi connectivity index (χ0v) is 14.5. The van der Waals surface area contributed by atoms with Crippen molar-refractivity contribution < 1.29 is 0 Å². The second kappa shape index (κ2) is 7.30.